The van der Waals surface area contributed by atoms with Gasteiger partial charge < -0.3 is 10.2 Å². The Labute approximate surface area is 202 Å². The molecule has 7 heteroatoms. The minimum Gasteiger partial charge on any atom is -0.352 e. The van der Waals surface area contributed by atoms with Gasteiger partial charge >= 0.3 is 0 Å². The molecule has 1 amide bonds. The molecule has 3 heterocycles. The van der Waals surface area contributed by atoms with Crippen molar-refractivity contribution in [3.63, 3.8) is 0 Å². The number of aryl methyl sites for hydroxylation is 2. The van der Waals surface area contributed by atoms with Crippen molar-refractivity contribution in [2.45, 2.75) is 33.2 Å². The number of benzene rings is 2. The summed E-state index contributed by atoms with van der Waals surface area (Å²) in [6, 6.07) is 16.4. The Morgan fingerprint density at radius 3 is 2.56 bits per heavy atom. The highest BCUT2D eigenvalue weighted by Crippen LogP contribution is 2.32. The number of H-pyrrole nitrogens is 1. The number of carbonyl (C=O) groups excluding carboxylic acids is 1. The number of nitrogens with one attached hydrogen (secondary N) is 2. The molecule has 6 nitrogen and oxygen atoms in total. The molecule has 0 spiro atoms. The lowest BCUT2D eigenvalue weighted by Crippen LogP contribution is -2.44. The monoisotopic (exact) mass is 472 g/mol. The first-order valence-corrected chi connectivity index (χ1v) is 12.5. The van der Waals surface area contributed by atoms with Crippen LogP contribution in [0, 0.1) is 19.8 Å². The molecule has 1 saturated heterocycles. The number of carbonyl (C=O) groups is 1. The van der Waals surface area contributed by atoms with Crippen LogP contribution in [0.5, 0.6) is 0 Å². The van der Waals surface area contributed by atoms with Crippen LogP contribution in [0.2, 0.25) is 0 Å². The Bertz CT molecular complexity index is 1370. The normalized spacial score (nSPS) is 16.1. The molecule has 1 fully saturated rings. The fourth-order valence-corrected chi connectivity index (χ4v) is 5.34. The van der Waals surface area contributed by atoms with Crippen LogP contribution in [0.15, 0.2) is 58.7 Å². The quantitative estimate of drug-likeness (QED) is 0.437. The summed E-state index contributed by atoms with van der Waals surface area (Å²) in [5.41, 5.74) is 6.09. The maximum absolute atomic E-state index is 12.9. The number of piperidine rings is 1. The second-order valence-electron chi connectivity index (χ2n) is 9.07. The molecule has 5 rings (SSSR count). The molecule has 0 aliphatic carbocycles. The molecule has 0 saturated carbocycles. The summed E-state index contributed by atoms with van der Waals surface area (Å²) in [5.74, 6) is 0.448. The fraction of sp³-hybridized carbons (Fsp3) is 0.296. The minimum absolute atomic E-state index is 0.0459. The van der Waals surface area contributed by atoms with Gasteiger partial charge in [-0.3, -0.25) is 14.6 Å². The molecule has 174 valence electrons. The summed E-state index contributed by atoms with van der Waals surface area (Å²) in [6.45, 7) is 5.93. The van der Waals surface area contributed by atoms with Crippen molar-refractivity contribution in [1.82, 2.24) is 15.3 Å². The maximum atomic E-state index is 12.9. The van der Waals surface area contributed by atoms with Crippen molar-refractivity contribution in [2.75, 3.05) is 18.0 Å². The van der Waals surface area contributed by atoms with Gasteiger partial charge in [-0.2, -0.15) is 0 Å². The number of anilines is 1. The van der Waals surface area contributed by atoms with E-state index in [1.165, 1.54) is 22.5 Å². The number of aromatic amines is 1. The summed E-state index contributed by atoms with van der Waals surface area (Å²) in [4.78, 5) is 35.6. The molecular weight excluding hydrogens is 444 g/mol. The predicted octanol–water partition coefficient (Wildman–Crippen LogP) is 4.80. The number of hydrogen-bond acceptors (Lipinski definition) is 5. The van der Waals surface area contributed by atoms with Gasteiger partial charge in [-0.1, -0.05) is 59.7 Å². The summed E-state index contributed by atoms with van der Waals surface area (Å²) >= 11 is 1.42. The van der Waals surface area contributed by atoms with Gasteiger partial charge in [-0.05, 0) is 37.8 Å². The van der Waals surface area contributed by atoms with Crippen LogP contribution < -0.4 is 15.8 Å². The Balaban J connectivity index is 1.35. The third-order valence-corrected chi connectivity index (χ3v) is 7.42. The largest absolute Gasteiger partial charge is 0.352 e. The van der Waals surface area contributed by atoms with E-state index in [2.05, 4.69) is 60.5 Å². The molecule has 1 aliphatic heterocycles. The van der Waals surface area contributed by atoms with Crippen LogP contribution in [-0.2, 0) is 11.3 Å². The number of rotatable bonds is 5. The molecule has 1 atom stereocenters. The lowest BCUT2D eigenvalue weighted by molar-refractivity contribution is -0.125. The van der Waals surface area contributed by atoms with Gasteiger partial charge in [0.25, 0.3) is 5.56 Å². The number of thiophene rings is 1. The Kier molecular flexibility index (Phi) is 6.20. The summed E-state index contributed by atoms with van der Waals surface area (Å²) in [6.07, 6.45) is 1.70. The van der Waals surface area contributed by atoms with Gasteiger partial charge in [0.2, 0.25) is 11.9 Å². The van der Waals surface area contributed by atoms with E-state index in [1.807, 2.05) is 22.4 Å². The average molecular weight is 473 g/mol. The van der Waals surface area contributed by atoms with Gasteiger partial charge in [0.05, 0.1) is 11.4 Å². The summed E-state index contributed by atoms with van der Waals surface area (Å²) in [7, 11) is 0. The molecule has 1 aliphatic rings. The molecular formula is C27H28N4O2S. The molecule has 1 unspecified atom stereocenters. The first-order valence-electron chi connectivity index (χ1n) is 11.6. The Hall–Kier alpha value is -3.45. The van der Waals surface area contributed by atoms with Crippen LogP contribution in [0.3, 0.4) is 0 Å². The SMILES string of the molecule is Cc1ccc(CNC(=O)C2CCCN(c3nc4c(-c5ccc(C)cc5)csc4c(=O)[nH]3)C2)cc1. The summed E-state index contributed by atoms with van der Waals surface area (Å²) in [5, 5.41) is 5.07. The lowest BCUT2D eigenvalue weighted by Gasteiger charge is -2.32. The highest BCUT2D eigenvalue weighted by atomic mass is 32.1. The van der Waals surface area contributed by atoms with Crippen LogP contribution in [0.25, 0.3) is 21.3 Å². The van der Waals surface area contributed by atoms with Crippen LogP contribution in [-0.4, -0.2) is 29.0 Å². The van der Waals surface area contributed by atoms with Crippen molar-refractivity contribution < 1.29 is 4.79 Å². The van der Waals surface area contributed by atoms with E-state index >= 15 is 0 Å². The third kappa shape index (κ3) is 4.61. The minimum atomic E-state index is -0.140. The average Bonchev–Trinajstić information content (AvgIpc) is 3.29. The number of nitrogens with zero attached hydrogens (tertiary/aromatic N) is 2. The van der Waals surface area contributed by atoms with E-state index in [9.17, 15) is 9.59 Å². The fourth-order valence-electron chi connectivity index (χ4n) is 4.43. The van der Waals surface area contributed by atoms with E-state index in [1.54, 1.807) is 0 Å². The number of amides is 1. The van der Waals surface area contributed by atoms with E-state index in [0.29, 0.717) is 23.7 Å². The molecule has 2 aromatic carbocycles. The molecule has 34 heavy (non-hydrogen) atoms. The van der Waals surface area contributed by atoms with Gasteiger partial charge in [0.1, 0.15) is 4.70 Å². The zero-order valence-corrected chi connectivity index (χ0v) is 20.2. The van der Waals surface area contributed by atoms with Gasteiger partial charge in [0, 0.05) is 30.6 Å². The first-order chi connectivity index (χ1) is 16.5. The Morgan fingerprint density at radius 1 is 1.12 bits per heavy atom. The molecule has 0 radical (unpaired) electrons. The third-order valence-electron chi connectivity index (χ3n) is 6.46. The second kappa shape index (κ2) is 9.43. The van der Waals surface area contributed by atoms with Crippen molar-refractivity contribution in [2.24, 2.45) is 5.92 Å². The molecule has 2 aromatic heterocycles. The summed E-state index contributed by atoms with van der Waals surface area (Å²) < 4.78 is 0.628. The Morgan fingerprint density at radius 2 is 1.82 bits per heavy atom. The van der Waals surface area contributed by atoms with Crippen molar-refractivity contribution in [1.29, 1.82) is 0 Å². The zero-order chi connectivity index (χ0) is 23.7. The van der Waals surface area contributed by atoms with E-state index in [4.69, 9.17) is 4.98 Å². The van der Waals surface area contributed by atoms with Gasteiger partial charge in [-0.15, -0.1) is 11.3 Å². The van der Waals surface area contributed by atoms with Crippen molar-refractivity contribution >= 4 is 33.4 Å². The zero-order valence-electron chi connectivity index (χ0n) is 19.4. The van der Waals surface area contributed by atoms with Crippen molar-refractivity contribution in [3.05, 3.63) is 81.0 Å². The lowest BCUT2D eigenvalue weighted by atomic mass is 9.97. The molecule has 2 N–H and O–H groups in total. The van der Waals surface area contributed by atoms with Gasteiger partial charge in [0.15, 0.2) is 0 Å². The van der Waals surface area contributed by atoms with Crippen LogP contribution in [0.4, 0.5) is 5.95 Å². The van der Waals surface area contributed by atoms with Gasteiger partial charge in [-0.25, -0.2) is 4.98 Å². The van der Waals surface area contributed by atoms with Crippen LogP contribution in [0.1, 0.15) is 29.5 Å². The standard InChI is InChI=1S/C27H28N4O2S/c1-17-5-9-19(10-6-17)14-28-25(32)21-4-3-13-31(15-21)27-29-23-22(16-34-24(23)26(33)30-27)20-11-7-18(2)8-12-20/h5-12,16,21H,3-4,13-15H2,1-2H3,(H,28,32)(H,29,30,33). The molecule has 4 aromatic rings. The topological polar surface area (TPSA) is 78.1 Å². The number of hydrogen-bond donors (Lipinski definition) is 2. The van der Waals surface area contributed by atoms with Crippen LogP contribution >= 0.6 is 11.3 Å². The van der Waals surface area contributed by atoms with Crippen molar-refractivity contribution in [3.8, 4) is 11.1 Å². The van der Waals surface area contributed by atoms with E-state index < -0.39 is 0 Å². The smallest absolute Gasteiger partial charge is 0.270 e. The highest BCUT2D eigenvalue weighted by molar-refractivity contribution is 7.17. The predicted molar refractivity (Wildman–Crippen MR) is 138 cm³/mol. The highest BCUT2D eigenvalue weighted by Gasteiger charge is 2.27. The van der Waals surface area contributed by atoms with E-state index in [-0.39, 0.29) is 17.4 Å². The molecule has 0 bridgehead atoms. The number of aromatic nitrogens is 2. The van der Waals surface area contributed by atoms with E-state index in [0.717, 1.165) is 41.6 Å². The second-order valence-corrected chi connectivity index (χ2v) is 9.95. The maximum Gasteiger partial charge on any atom is 0.270 e. The first kappa shape index (κ1) is 22.3. The number of fused-ring (bicyclic) bond motifs is 1.